The molecule has 96 valence electrons. The van der Waals surface area contributed by atoms with Crippen LogP contribution in [0, 0.1) is 6.92 Å². The molecule has 1 aromatic carbocycles. The van der Waals surface area contributed by atoms with Crippen molar-refractivity contribution in [2.24, 2.45) is 0 Å². The first-order valence-electron chi connectivity index (χ1n) is 5.27. The summed E-state index contributed by atoms with van der Waals surface area (Å²) in [6.45, 7) is 2.37. The Morgan fingerprint density at radius 2 is 2.11 bits per heavy atom. The van der Waals surface area contributed by atoms with Gasteiger partial charge in [-0.25, -0.2) is 4.98 Å². The number of benzene rings is 1. The van der Waals surface area contributed by atoms with E-state index in [9.17, 15) is 13.2 Å². The second-order valence-corrected chi connectivity index (χ2v) is 5.10. The van der Waals surface area contributed by atoms with Gasteiger partial charge in [0.25, 0.3) is 0 Å². The number of rotatable bonds is 3. The van der Waals surface area contributed by atoms with Gasteiger partial charge in [-0.2, -0.15) is 13.2 Å². The van der Waals surface area contributed by atoms with Gasteiger partial charge in [-0.3, -0.25) is 0 Å². The minimum absolute atomic E-state index is 0.455. The normalized spacial score (nSPS) is 11.6. The smallest absolute Gasteiger partial charge is 0.380 e. The third kappa shape index (κ3) is 3.22. The van der Waals surface area contributed by atoms with Gasteiger partial charge in [0, 0.05) is 16.8 Å². The lowest BCUT2D eigenvalue weighted by molar-refractivity contribution is -0.137. The summed E-state index contributed by atoms with van der Waals surface area (Å²) in [7, 11) is 0. The molecule has 1 heterocycles. The minimum atomic E-state index is -4.31. The Morgan fingerprint density at radius 3 is 2.72 bits per heavy atom. The zero-order chi connectivity index (χ0) is 13.2. The van der Waals surface area contributed by atoms with Crippen LogP contribution in [0.1, 0.15) is 15.4 Å². The van der Waals surface area contributed by atoms with Crippen LogP contribution in [-0.2, 0) is 12.7 Å². The number of thiazole rings is 1. The van der Waals surface area contributed by atoms with E-state index in [4.69, 9.17) is 0 Å². The number of nitrogens with one attached hydrogen (secondary N) is 1. The van der Waals surface area contributed by atoms with Crippen molar-refractivity contribution < 1.29 is 13.2 Å². The van der Waals surface area contributed by atoms with Gasteiger partial charge in [0.2, 0.25) is 0 Å². The van der Waals surface area contributed by atoms with Crippen molar-refractivity contribution in [2.45, 2.75) is 19.6 Å². The first-order valence-corrected chi connectivity index (χ1v) is 6.09. The van der Waals surface area contributed by atoms with Crippen LogP contribution in [0.3, 0.4) is 0 Å². The van der Waals surface area contributed by atoms with Gasteiger partial charge < -0.3 is 5.32 Å². The average Bonchev–Trinajstić information content (AvgIpc) is 2.72. The van der Waals surface area contributed by atoms with Crippen molar-refractivity contribution in [3.8, 4) is 0 Å². The topological polar surface area (TPSA) is 24.9 Å². The van der Waals surface area contributed by atoms with Crippen molar-refractivity contribution in [3.05, 3.63) is 45.9 Å². The molecule has 0 radical (unpaired) electrons. The van der Waals surface area contributed by atoms with Gasteiger partial charge in [0.05, 0.1) is 17.1 Å². The number of anilines is 1. The first-order chi connectivity index (χ1) is 8.45. The molecule has 2 nitrogen and oxygen atoms in total. The molecule has 0 bridgehead atoms. The lowest BCUT2D eigenvalue weighted by Crippen LogP contribution is -2.06. The van der Waals surface area contributed by atoms with Gasteiger partial charge in [0.15, 0.2) is 0 Å². The van der Waals surface area contributed by atoms with E-state index in [0.29, 0.717) is 12.2 Å². The number of aryl methyl sites for hydroxylation is 1. The summed E-state index contributed by atoms with van der Waals surface area (Å²) in [5.41, 5.74) is -0.191. The van der Waals surface area contributed by atoms with Gasteiger partial charge in [-0.15, -0.1) is 11.3 Å². The van der Waals surface area contributed by atoms with Crippen LogP contribution in [0.25, 0.3) is 0 Å². The fourth-order valence-corrected chi connectivity index (χ4v) is 2.22. The zero-order valence-corrected chi connectivity index (χ0v) is 10.4. The summed E-state index contributed by atoms with van der Waals surface area (Å²) >= 11 is 1.52. The summed E-state index contributed by atoms with van der Waals surface area (Å²) in [5.74, 6) is 0. The van der Waals surface area contributed by atoms with E-state index in [1.165, 1.54) is 17.4 Å². The highest BCUT2D eigenvalue weighted by molar-refractivity contribution is 7.11. The highest BCUT2D eigenvalue weighted by Crippen LogP contribution is 2.30. The fourth-order valence-electron chi connectivity index (χ4n) is 1.48. The Hall–Kier alpha value is -1.56. The van der Waals surface area contributed by atoms with Crippen LogP contribution in [0.5, 0.6) is 0 Å². The molecule has 2 rings (SSSR count). The van der Waals surface area contributed by atoms with Gasteiger partial charge in [0.1, 0.15) is 0 Å². The predicted molar refractivity (Wildman–Crippen MR) is 65.6 cm³/mol. The molecule has 6 heteroatoms. The summed E-state index contributed by atoms with van der Waals surface area (Å²) in [6.07, 6.45) is -2.58. The van der Waals surface area contributed by atoms with E-state index in [1.807, 2.05) is 6.92 Å². The quantitative estimate of drug-likeness (QED) is 0.910. The van der Waals surface area contributed by atoms with Crippen LogP contribution in [0.2, 0.25) is 0 Å². The maximum Gasteiger partial charge on any atom is 0.416 e. The van der Waals surface area contributed by atoms with Crippen LogP contribution >= 0.6 is 11.3 Å². The highest BCUT2D eigenvalue weighted by atomic mass is 32.1. The Bertz CT molecular complexity index is 534. The summed E-state index contributed by atoms with van der Waals surface area (Å²) in [6, 6.07) is 5.17. The van der Waals surface area contributed by atoms with E-state index >= 15 is 0 Å². The van der Waals surface area contributed by atoms with Crippen LogP contribution < -0.4 is 5.32 Å². The molecule has 0 aliphatic heterocycles. The minimum Gasteiger partial charge on any atom is -0.380 e. The third-order valence-corrected chi connectivity index (χ3v) is 3.24. The number of hydrogen-bond donors (Lipinski definition) is 1. The standard InChI is InChI=1S/C12H11F3N2S/c1-8-16-6-11(18-8)7-17-10-4-2-3-9(5-10)12(13,14)15/h2-6,17H,7H2,1H3. The zero-order valence-electron chi connectivity index (χ0n) is 9.58. The number of hydrogen-bond acceptors (Lipinski definition) is 3. The fraction of sp³-hybridized carbons (Fsp3) is 0.250. The molecular weight excluding hydrogens is 261 g/mol. The first kappa shape index (κ1) is 12.9. The molecule has 0 aliphatic rings. The average molecular weight is 272 g/mol. The molecule has 0 saturated heterocycles. The molecule has 1 N–H and O–H groups in total. The Balaban J connectivity index is 2.06. The lowest BCUT2D eigenvalue weighted by Gasteiger charge is -2.09. The molecule has 0 saturated carbocycles. The second-order valence-electron chi connectivity index (χ2n) is 3.78. The van der Waals surface area contributed by atoms with Crippen molar-refractivity contribution >= 4 is 17.0 Å². The maximum atomic E-state index is 12.5. The van der Waals surface area contributed by atoms with Crippen molar-refractivity contribution in [1.29, 1.82) is 0 Å². The van der Waals surface area contributed by atoms with Crippen molar-refractivity contribution in [1.82, 2.24) is 4.98 Å². The Morgan fingerprint density at radius 1 is 1.33 bits per heavy atom. The molecule has 0 spiro atoms. The van der Waals surface area contributed by atoms with E-state index < -0.39 is 11.7 Å². The van der Waals surface area contributed by atoms with E-state index in [1.54, 1.807) is 12.3 Å². The number of halogens is 3. The van der Waals surface area contributed by atoms with Gasteiger partial charge in [-0.1, -0.05) is 6.07 Å². The molecule has 0 unspecified atom stereocenters. The molecule has 0 atom stereocenters. The molecular formula is C12H11F3N2S. The number of aromatic nitrogens is 1. The SMILES string of the molecule is Cc1ncc(CNc2cccc(C(F)(F)F)c2)s1. The molecule has 0 amide bonds. The molecule has 18 heavy (non-hydrogen) atoms. The third-order valence-electron chi connectivity index (χ3n) is 2.33. The maximum absolute atomic E-state index is 12.5. The largest absolute Gasteiger partial charge is 0.416 e. The number of alkyl halides is 3. The van der Waals surface area contributed by atoms with E-state index in [0.717, 1.165) is 22.0 Å². The summed E-state index contributed by atoms with van der Waals surface area (Å²) in [5, 5.41) is 3.90. The second kappa shape index (κ2) is 4.97. The molecule has 0 fully saturated rings. The van der Waals surface area contributed by atoms with E-state index in [2.05, 4.69) is 10.3 Å². The summed E-state index contributed by atoms with van der Waals surface area (Å²) in [4.78, 5) is 5.07. The van der Waals surface area contributed by atoms with Crippen LogP contribution in [-0.4, -0.2) is 4.98 Å². The monoisotopic (exact) mass is 272 g/mol. The molecule has 1 aromatic heterocycles. The Kier molecular flexibility index (Phi) is 3.56. The predicted octanol–water partition coefficient (Wildman–Crippen LogP) is 4.08. The molecule has 0 aliphatic carbocycles. The van der Waals surface area contributed by atoms with E-state index in [-0.39, 0.29) is 0 Å². The molecule has 2 aromatic rings. The Labute approximate surface area is 106 Å². The lowest BCUT2D eigenvalue weighted by atomic mass is 10.2. The summed E-state index contributed by atoms with van der Waals surface area (Å²) < 4.78 is 37.5. The highest BCUT2D eigenvalue weighted by Gasteiger charge is 2.30. The van der Waals surface area contributed by atoms with Gasteiger partial charge >= 0.3 is 6.18 Å². The number of nitrogens with zero attached hydrogens (tertiary/aromatic N) is 1. The van der Waals surface area contributed by atoms with Gasteiger partial charge in [-0.05, 0) is 25.1 Å². The van der Waals surface area contributed by atoms with Crippen molar-refractivity contribution in [2.75, 3.05) is 5.32 Å². The van der Waals surface area contributed by atoms with Crippen molar-refractivity contribution in [3.63, 3.8) is 0 Å². The van der Waals surface area contributed by atoms with Crippen LogP contribution in [0.4, 0.5) is 18.9 Å². The van der Waals surface area contributed by atoms with Crippen LogP contribution in [0.15, 0.2) is 30.5 Å².